The molecule has 5 rings (SSSR count). The topological polar surface area (TPSA) is 98.8 Å². The van der Waals surface area contributed by atoms with Gasteiger partial charge in [0.1, 0.15) is 6.04 Å². The number of carbonyl (C=O) groups is 2. The molecule has 1 saturated heterocycles. The summed E-state index contributed by atoms with van der Waals surface area (Å²) >= 11 is 0. The Hall–Kier alpha value is -3.95. The first-order valence-electron chi connectivity index (χ1n) is 15.8. The first-order valence-corrected chi connectivity index (χ1v) is 17.2. The molecule has 1 heterocycles. The van der Waals surface area contributed by atoms with E-state index in [2.05, 4.69) is 23.6 Å². The summed E-state index contributed by atoms with van der Waals surface area (Å²) in [6, 6.07) is 25.5. The van der Waals surface area contributed by atoms with E-state index in [1.807, 2.05) is 87.5 Å². The highest BCUT2D eigenvalue weighted by Gasteiger charge is 2.39. The van der Waals surface area contributed by atoms with E-state index in [0.29, 0.717) is 12.8 Å². The Morgan fingerprint density at radius 2 is 1.49 bits per heavy atom. The largest absolute Gasteiger partial charge is 0.338 e. The summed E-state index contributed by atoms with van der Waals surface area (Å²) in [7, 11) is -3.80. The van der Waals surface area contributed by atoms with Gasteiger partial charge in [-0.3, -0.25) is 4.79 Å². The van der Waals surface area contributed by atoms with Crippen LogP contribution in [0.15, 0.2) is 89.8 Å². The number of rotatable bonds is 9. The maximum atomic E-state index is 14.2. The number of fused-ring (bicyclic) bond motifs is 2. The summed E-state index contributed by atoms with van der Waals surface area (Å²) in [6.07, 6.45) is 2.70. The van der Waals surface area contributed by atoms with E-state index in [0.717, 1.165) is 39.9 Å². The fraction of sp³-hybridized carbons (Fsp3) is 0.389. The molecule has 2 atom stereocenters. The van der Waals surface area contributed by atoms with Crippen LogP contribution in [0, 0.1) is 0 Å². The van der Waals surface area contributed by atoms with E-state index in [-0.39, 0.29) is 36.5 Å². The van der Waals surface area contributed by atoms with Crippen molar-refractivity contribution in [2.24, 2.45) is 0 Å². The number of urea groups is 1. The number of hydrogen-bond donors (Lipinski definition) is 2. The molecule has 0 bridgehead atoms. The van der Waals surface area contributed by atoms with Crippen LogP contribution in [-0.2, 0) is 21.2 Å². The van der Waals surface area contributed by atoms with Crippen LogP contribution in [0.1, 0.15) is 52.5 Å². The summed E-state index contributed by atoms with van der Waals surface area (Å²) in [5, 5.41) is 9.86. The second-order valence-corrected chi connectivity index (χ2v) is 14.9. The van der Waals surface area contributed by atoms with Gasteiger partial charge in [0, 0.05) is 37.6 Å². The summed E-state index contributed by atoms with van der Waals surface area (Å²) < 4.78 is 29.6. The van der Waals surface area contributed by atoms with Crippen molar-refractivity contribution in [2.75, 3.05) is 19.6 Å². The Bertz CT molecular complexity index is 1780. The fourth-order valence-electron chi connectivity index (χ4n) is 6.05. The number of benzene rings is 4. The van der Waals surface area contributed by atoms with Crippen LogP contribution in [0.2, 0.25) is 0 Å². The smallest absolute Gasteiger partial charge is 0.315 e. The molecule has 0 aliphatic carbocycles. The van der Waals surface area contributed by atoms with Crippen molar-refractivity contribution in [2.45, 2.75) is 75.9 Å². The van der Waals surface area contributed by atoms with Crippen molar-refractivity contribution in [1.82, 2.24) is 19.8 Å². The molecule has 1 unspecified atom stereocenters. The second kappa shape index (κ2) is 13.6. The number of nitrogens with zero attached hydrogens (tertiary/aromatic N) is 2. The van der Waals surface area contributed by atoms with Crippen LogP contribution in [0.3, 0.4) is 0 Å². The molecule has 1 aliphatic rings. The molecule has 0 aromatic heterocycles. The van der Waals surface area contributed by atoms with Crippen LogP contribution in [0.5, 0.6) is 0 Å². The van der Waals surface area contributed by atoms with Crippen molar-refractivity contribution in [3.63, 3.8) is 0 Å². The molecule has 0 spiro atoms. The number of sulfonamides is 1. The molecule has 1 aliphatic heterocycles. The molecule has 2 N–H and O–H groups in total. The Labute approximate surface area is 266 Å². The van der Waals surface area contributed by atoms with Crippen LogP contribution < -0.4 is 10.6 Å². The lowest BCUT2D eigenvalue weighted by molar-refractivity contribution is -0.135. The van der Waals surface area contributed by atoms with Crippen molar-refractivity contribution < 1.29 is 18.0 Å². The van der Waals surface area contributed by atoms with E-state index in [1.54, 1.807) is 21.3 Å². The average molecular weight is 629 g/mol. The van der Waals surface area contributed by atoms with Gasteiger partial charge in [-0.05, 0) is 66.4 Å². The summed E-state index contributed by atoms with van der Waals surface area (Å²) in [5.41, 5.74) is 0.456. The molecule has 238 valence electrons. The van der Waals surface area contributed by atoms with Gasteiger partial charge in [0.2, 0.25) is 15.9 Å². The Balaban J connectivity index is 1.39. The third-order valence-electron chi connectivity index (χ3n) is 8.30. The Morgan fingerprint density at radius 1 is 0.867 bits per heavy atom. The second-order valence-electron chi connectivity index (χ2n) is 13.0. The molecule has 4 aromatic carbocycles. The standard InChI is InChI=1S/C36H44N4O4S/c1-5-6-15-31-25-39(20-21-40(31)45(43,44)32-19-18-28-12-8-10-14-30(28)24-32)34(41)33(37-35(42)38-36(2,3)4)23-26-16-17-27-11-7-9-13-29(27)22-26/h7-14,16-19,22,24,31,33H,5-6,15,20-21,23,25H2,1-4H3,(H2,37,38,42)/t31?,33-/m0/s1. The molecule has 9 heteroatoms. The minimum absolute atomic E-state index is 0.187. The molecule has 8 nitrogen and oxygen atoms in total. The van der Waals surface area contributed by atoms with Gasteiger partial charge in [-0.2, -0.15) is 4.31 Å². The van der Waals surface area contributed by atoms with Crippen LogP contribution >= 0.6 is 0 Å². The number of hydrogen-bond acceptors (Lipinski definition) is 4. The summed E-state index contributed by atoms with van der Waals surface area (Å²) in [5.74, 6) is -0.212. The highest BCUT2D eigenvalue weighted by molar-refractivity contribution is 7.89. The van der Waals surface area contributed by atoms with Gasteiger partial charge in [-0.15, -0.1) is 0 Å². The quantitative estimate of drug-likeness (QED) is 0.234. The maximum Gasteiger partial charge on any atom is 0.315 e. The van der Waals surface area contributed by atoms with E-state index in [9.17, 15) is 18.0 Å². The minimum Gasteiger partial charge on any atom is -0.338 e. The van der Waals surface area contributed by atoms with Crippen molar-refractivity contribution in [3.8, 4) is 0 Å². The Kier molecular flexibility index (Phi) is 9.79. The molecular weight excluding hydrogens is 584 g/mol. The zero-order chi connectivity index (χ0) is 32.2. The first kappa shape index (κ1) is 32.4. The molecule has 1 fully saturated rings. The first-order chi connectivity index (χ1) is 21.4. The number of amides is 3. The van der Waals surface area contributed by atoms with Crippen LogP contribution in [-0.4, -0.2) is 66.8 Å². The fourth-order valence-corrected chi connectivity index (χ4v) is 7.72. The SMILES string of the molecule is CCCCC1CN(C(=O)[C@H](Cc2ccc3ccccc3c2)NC(=O)NC(C)(C)C)CCN1S(=O)(=O)c1ccc2ccccc2c1. The lowest BCUT2D eigenvalue weighted by Gasteiger charge is -2.42. The molecule has 3 amide bonds. The third kappa shape index (κ3) is 7.83. The molecule has 0 radical (unpaired) electrons. The average Bonchev–Trinajstić information content (AvgIpc) is 3.01. The lowest BCUT2D eigenvalue weighted by atomic mass is 10.00. The van der Waals surface area contributed by atoms with E-state index in [1.165, 1.54) is 0 Å². The van der Waals surface area contributed by atoms with E-state index < -0.39 is 27.6 Å². The molecular formula is C36H44N4O4S. The highest BCUT2D eigenvalue weighted by atomic mass is 32.2. The van der Waals surface area contributed by atoms with E-state index in [4.69, 9.17) is 0 Å². The summed E-state index contributed by atoms with van der Waals surface area (Å²) in [4.78, 5) is 29.2. The van der Waals surface area contributed by atoms with Gasteiger partial charge in [0.25, 0.3) is 0 Å². The normalized spacial score (nSPS) is 16.9. The monoisotopic (exact) mass is 628 g/mol. The van der Waals surface area contributed by atoms with Gasteiger partial charge in [-0.25, -0.2) is 13.2 Å². The third-order valence-corrected chi connectivity index (χ3v) is 10.3. The number of carbonyl (C=O) groups excluding carboxylic acids is 2. The van der Waals surface area contributed by atoms with E-state index >= 15 is 0 Å². The molecule has 45 heavy (non-hydrogen) atoms. The minimum atomic E-state index is -3.80. The van der Waals surface area contributed by atoms with Gasteiger partial charge in [0.05, 0.1) is 4.90 Å². The summed E-state index contributed by atoms with van der Waals surface area (Å²) in [6.45, 7) is 8.44. The van der Waals surface area contributed by atoms with Crippen molar-refractivity contribution in [3.05, 3.63) is 90.5 Å². The maximum absolute atomic E-state index is 14.2. The van der Waals surface area contributed by atoms with Gasteiger partial charge < -0.3 is 15.5 Å². The van der Waals surface area contributed by atoms with Crippen LogP contribution in [0.4, 0.5) is 4.79 Å². The predicted octanol–water partition coefficient (Wildman–Crippen LogP) is 6.09. The predicted molar refractivity (Wildman–Crippen MR) is 181 cm³/mol. The number of nitrogens with one attached hydrogen (secondary N) is 2. The van der Waals surface area contributed by atoms with Crippen molar-refractivity contribution >= 4 is 43.5 Å². The highest BCUT2D eigenvalue weighted by Crippen LogP contribution is 2.27. The Morgan fingerprint density at radius 3 is 2.13 bits per heavy atom. The molecule has 0 saturated carbocycles. The van der Waals surface area contributed by atoms with Gasteiger partial charge in [0.15, 0.2) is 0 Å². The van der Waals surface area contributed by atoms with Crippen LogP contribution in [0.25, 0.3) is 21.5 Å². The number of piperazine rings is 1. The lowest BCUT2D eigenvalue weighted by Crippen LogP contribution is -2.61. The van der Waals surface area contributed by atoms with Gasteiger partial charge in [-0.1, -0.05) is 92.6 Å². The zero-order valence-electron chi connectivity index (χ0n) is 26.6. The molecule has 4 aromatic rings. The zero-order valence-corrected chi connectivity index (χ0v) is 27.4. The number of unbranched alkanes of at least 4 members (excludes halogenated alkanes) is 1. The van der Waals surface area contributed by atoms with Crippen molar-refractivity contribution in [1.29, 1.82) is 0 Å². The van der Waals surface area contributed by atoms with Gasteiger partial charge >= 0.3 is 6.03 Å².